The van der Waals surface area contributed by atoms with E-state index in [9.17, 15) is 4.79 Å². The molecular weight excluding hydrogens is 316 g/mol. The first-order valence-electron chi connectivity index (χ1n) is 8.14. The molecule has 0 atom stereocenters. The van der Waals surface area contributed by atoms with Crippen LogP contribution in [0.25, 0.3) is 6.08 Å². The van der Waals surface area contributed by atoms with E-state index in [1.54, 1.807) is 20.3 Å². The predicted molar refractivity (Wildman–Crippen MR) is 99.6 cm³/mol. The standard InChI is InChI=1S/C21H24O4/c1-5-17-19(13-22)21(24-4)18(15(2)20(17)23-3)11-12-25-14-16-9-7-6-8-10-16/h5-10,13H,1,11-12,14H2,2-4H3. The summed E-state index contributed by atoms with van der Waals surface area (Å²) in [4.78, 5) is 11.6. The lowest BCUT2D eigenvalue weighted by Crippen LogP contribution is -2.08. The number of carbonyl (C=O) groups is 1. The minimum Gasteiger partial charge on any atom is -0.496 e. The first-order chi connectivity index (χ1) is 12.2. The molecule has 0 fully saturated rings. The Morgan fingerprint density at radius 1 is 1.04 bits per heavy atom. The van der Waals surface area contributed by atoms with Gasteiger partial charge in [0.2, 0.25) is 0 Å². The maximum atomic E-state index is 11.6. The third-order valence-electron chi connectivity index (χ3n) is 4.18. The van der Waals surface area contributed by atoms with E-state index >= 15 is 0 Å². The van der Waals surface area contributed by atoms with Gasteiger partial charge in [-0.15, -0.1) is 0 Å². The molecule has 0 saturated heterocycles. The molecule has 0 aliphatic rings. The zero-order valence-corrected chi connectivity index (χ0v) is 15.0. The largest absolute Gasteiger partial charge is 0.496 e. The smallest absolute Gasteiger partial charge is 0.154 e. The highest BCUT2D eigenvalue weighted by atomic mass is 16.5. The molecule has 0 N–H and O–H groups in total. The van der Waals surface area contributed by atoms with Crippen molar-refractivity contribution in [2.45, 2.75) is 20.0 Å². The summed E-state index contributed by atoms with van der Waals surface area (Å²) in [7, 11) is 3.15. The fourth-order valence-electron chi connectivity index (χ4n) is 2.97. The van der Waals surface area contributed by atoms with Crippen LogP contribution in [0.1, 0.15) is 32.6 Å². The highest BCUT2D eigenvalue weighted by Crippen LogP contribution is 2.38. The van der Waals surface area contributed by atoms with Crippen molar-refractivity contribution in [1.29, 1.82) is 0 Å². The van der Waals surface area contributed by atoms with Crippen LogP contribution in [-0.4, -0.2) is 27.1 Å². The van der Waals surface area contributed by atoms with Crippen LogP contribution in [-0.2, 0) is 17.8 Å². The molecule has 2 rings (SSSR count). The molecule has 132 valence electrons. The van der Waals surface area contributed by atoms with E-state index in [1.165, 1.54) is 0 Å². The number of rotatable bonds is 9. The van der Waals surface area contributed by atoms with Crippen molar-refractivity contribution < 1.29 is 19.0 Å². The molecule has 2 aromatic carbocycles. The lowest BCUT2D eigenvalue weighted by atomic mass is 9.94. The van der Waals surface area contributed by atoms with Gasteiger partial charge >= 0.3 is 0 Å². The number of carbonyl (C=O) groups excluding carboxylic acids is 1. The van der Waals surface area contributed by atoms with Gasteiger partial charge in [-0.3, -0.25) is 4.79 Å². The van der Waals surface area contributed by atoms with Crippen molar-refractivity contribution in [3.8, 4) is 11.5 Å². The Hall–Kier alpha value is -2.59. The van der Waals surface area contributed by atoms with Crippen LogP contribution in [0.5, 0.6) is 11.5 Å². The van der Waals surface area contributed by atoms with Gasteiger partial charge in [0.15, 0.2) is 6.29 Å². The first kappa shape index (κ1) is 18.7. The monoisotopic (exact) mass is 340 g/mol. The topological polar surface area (TPSA) is 44.8 Å². The summed E-state index contributed by atoms with van der Waals surface area (Å²) in [5, 5.41) is 0. The number of aldehydes is 1. The fraction of sp³-hybridized carbons (Fsp3) is 0.286. The van der Waals surface area contributed by atoms with Crippen LogP contribution in [0.3, 0.4) is 0 Å². The molecule has 0 aliphatic carbocycles. The zero-order chi connectivity index (χ0) is 18.2. The molecule has 0 saturated carbocycles. The van der Waals surface area contributed by atoms with Crippen LogP contribution in [0.2, 0.25) is 0 Å². The molecule has 0 aliphatic heterocycles. The average Bonchev–Trinajstić information content (AvgIpc) is 2.65. The third-order valence-corrected chi connectivity index (χ3v) is 4.18. The van der Waals surface area contributed by atoms with Crippen LogP contribution in [0.15, 0.2) is 36.9 Å². The van der Waals surface area contributed by atoms with Gasteiger partial charge in [-0.05, 0) is 24.5 Å². The Kier molecular flexibility index (Phi) is 6.78. The molecule has 0 aromatic heterocycles. The minimum absolute atomic E-state index is 0.456. The highest BCUT2D eigenvalue weighted by molar-refractivity contribution is 5.89. The molecule has 0 amide bonds. The van der Waals surface area contributed by atoms with E-state index in [4.69, 9.17) is 14.2 Å². The highest BCUT2D eigenvalue weighted by Gasteiger charge is 2.21. The Balaban J connectivity index is 2.24. The summed E-state index contributed by atoms with van der Waals surface area (Å²) >= 11 is 0. The van der Waals surface area contributed by atoms with Crippen molar-refractivity contribution in [2.75, 3.05) is 20.8 Å². The summed E-state index contributed by atoms with van der Waals surface area (Å²) in [5.41, 5.74) is 4.08. The Bertz CT molecular complexity index is 736. The Morgan fingerprint density at radius 2 is 1.72 bits per heavy atom. The number of methoxy groups -OCH3 is 2. The normalized spacial score (nSPS) is 10.4. The van der Waals surface area contributed by atoms with Crippen LogP contribution in [0, 0.1) is 6.92 Å². The van der Waals surface area contributed by atoms with Gasteiger partial charge in [0.25, 0.3) is 0 Å². The number of hydrogen-bond acceptors (Lipinski definition) is 4. The van der Waals surface area contributed by atoms with Gasteiger partial charge in [0.05, 0.1) is 33.0 Å². The predicted octanol–water partition coefficient (Wildman–Crippen LogP) is 4.23. The second-order valence-electron chi connectivity index (χ2n) is 5.61. The molecule has 0 heterocycles. The molecule has 4 heteroatoms. The van der Waals surface area contributed by atoms with Gasteiger partial charge in [-0.2, -0.15) is 0 Å². The number of ether oxygens (including phenoxy) is 3. The van der Waals surface area contributed by atoms with Crippen molar-refractivity contribution >= 4 is 12.4 Å². The lowest BCUT2D eigenvalue weighted by molar-refractivity contribution is 0.111. The van der Waals surface area contributed by atoms with Crippen molar-refractivity contribution in [3.05, 3.63) is 64.7 Å². The van der Waals surface area contributed by atoms with E-state index in [2.05, 4.69) is 6.58 Å². The lowest BCUT2D eigenvalue weighted by Gasteiger charge is -2.20. The van der Waals surface area contributed by atoms with Crippen molar-refractivity contribution in [2.24, 2.45) is 0 Å². The van der Waals surface area contributed by atoms with Crippen LogP contribution in [0.4, 0.5) is 0 Å². The molecule has 0 spiro atoms. The summed E-state index contributed by atoms with van der Waals surface area (Å²) in [5.74, 6) is 1.21. The average molecular weight is 340 g/mol. The maximum Gasteiger partial charge on any atom is 0.154 e. The molecule has 0 radical (unpaired) electrons. The Morgan fingerprint density at radius 3 is 2.28 bits per heavy atom. The molecule has 0 bridgehead atoms. The minimum atomic E-state index is 0.456. The second-order valence-corrected chi connectivity index (χ2v) is 5.61. The van der Waals surface area contributed by atoms with Crippen molar-refractivity contribution in [3.63, 3.8) is 0 Å². The third kappa shape index (κ3) is 4.09. The molecular formula is C21H24O4. The summed E-state index contributed by atoms with van der Waals surface area (Å²) in [6.45, 7) is 6.80. The van der Waals surface area contributed by atoms with Crippen molar-refractivity contribution in [1.82, 2.24) is 0 Å². The fourth-order valence-corrected chi connectivity index (χ4v) is 2.97. The number of hydrogen-bond donors (Lipinski definition) is 0. The Labute approximate surface area is 149 Å². The van der Waals surface area contributed by atoms with E-state index in [0.29, 0.717) is 42.3 Å². The molecule has 4 nitrogen and oxygen atoms in total. The van der Waals surface area contributed by atoms with Gasteiger partial charge in [0.1, 0.15) is 11.5 Å². The van der Waals surface area contributed by atoms with E-state index in [-0.39, 0.29) is 0 Å². The summed E-state index contributed by atoms with van der Waals surface area (Å²) in [6.07, 6.45) is 3.02. The quantitative estimate of drug-likeness (QED) is 0.506. The van der Waals surface area contributed by atoms with E-state index in [0.717, 1.165) is 23.0 Å². The number of benzene rings is 2. The van der Waals surface area contributed by atoms with Gasteiger partial charge in [0, 0.05) is 11.1 Å². The summed E-state index contributed by atoms with van der Waals surface area (Å²) in [6, 6.07) is 10.0. The molecule has 2 aromatic rings. The maximum absolute atomic E-state index is 11.6. The van der Waals surface area contributed by atoms with E-state index in [1.807, 2.05) is 37.3 Å². The van der Waals surface area contributed by atoms with Gasteiger partial charge < -0.3 is 14.2 Å². The van der Waals surface area contributed by atoms with Crippen LogP contribution >= 0.6 is 0 Å². The second kappa shape index (κ2) is 9.04. The summed E-state index contributed by atoms with van der Waals surface area (Å²) < 4.78 is 16.8. The molecule has 0 unspecified atom stereocenters. The SMILES string of the molecule is C=Cc1c(C=O)c(OC)c(CCOCc2ccccc2)c(C)c1OC. The first-order valence-corrected chi connectivity index (χ1v) is 8.14. The van der Waals surface area contributed by atoms with Crippen LogP contribution < -0.4 is 9.47 Å². The van der Waals surface area contributed by atoms with Gasteiger partial charge in [-0.25, -0.2) is 0 Å². The van der Waals surface area contributed by atoms with E-state index < -0.39 is 0 Å². The molecule has 25 heavy (non-hydrogen) atoms. The zero-order valence-electron chi connectivity index (χ0n) is 15.0. The van der Waals surface area contributed by atoms with Gasteiger partial charge in [-0.1, -0.05) is 43.0 Å².